The summed E-state index contributed by atoms with van der Waals surface area (Å²) in [5.74, 6) is 0.714. The van der Waals surface area contributed by atoms with Crippen LogP contribution in [-0.2, 0) is 6.42 Å². The second-order valence-electron chi connectivity index (χ2n) is 6.39. The fraction of sp³-hybridized carbons (Fsp3) is 0.421. The number of urea groups is 1. The van der Waals surface area contributed by atoms with Crippen LogP contribution in [0.15, 0.2) is 47.1 Å². The first-order valence-electron chi connectivity index (χ1n) is 8.71. The number of halogens is 1. The van der Waals surface area contributed by atoms with Crippen LogP contribution in [-0.4, -0.2) is 43.2 Å². The molecule has 1 fully saturated rings. The monoisotopic (exact) mass is 345 g/mol. The first kappa shape index (κ1) is 17.3. The van der Waals surface area contributed by atoms with E-state index in [0.29, 0.717) is 31.9 Å². The van der Waals surface area contributed by atoms with Gasteiger partial charge in [0.15, 0.2) is 0 Å². The highest BCUT2D eigenvalue weighted by Gasteiger charge is 2.23. The molecule has 2 aromatic rings. The van der Waals surface area contributed by atoms with Gasteiger partial charge in [-0.1, -0.05) is 12.1 Å². The molecular formula is C19H24FN3O2. The van der Waals surface area contributed by atoms with Crippen molar-refractivity contribution in [1.29, 1.82) is 0 Å². The number of furan rings is 1. The summed E-state index contributed by atoms with van der Waals surface area (Å²) in [4.78, 5) is 16.2. The Morgan fingerprint density at radius 3 is 2.64 bits per heavy atom. The molecule has 5 nitrogen and oxygen atoms in total. The van der Waals surface area contributed by atoms with Crippen molar-refractivity contribution in [2.24, 2.45) is 0 Å². The Balaban J connectivity index is 1.44. The van der Waals surface area contributed by atoms with E-state index in [0.717, 1.165) is 18.6 Å². The van der Waals surface area contributed by atoms with Gasteiger partial charge in [-0.05, 0) is 37.6 Å². The van der Waals surface area contributed by atoms with Gasteiger partial charge in [-0.15, -0.1) is 0 Å². The van der Waals surface area contributed by atoms with E-state index < -0.39 is 0 Å². The molecule has 0 radical (unpaired) electrons. The summed E-state index contributed by atoms with van der Waals surface area (Å²) in [6.45, 7) is 4.44. The number of benzene rings is 1. The molecule has 1 aliphatic heterocycles. The summed E-state index contributed by atoms with van der Waals surface area (Å²) in [6.07, 6.45) is 3.29. The number of carbonyl (C=O) groups excluding carboxylic acids is 1. The number of aryl methyl sites for hydroxylation is 1. The SMILES string of the molecule is C[C@H](CCc1ccco1)NC(=O)N1CCN(c2ccccc2F)CC1. The number of hydrogen-bond donors (Lipinski definition) is 1. The Bertz CT molecular complexity index is 682. The Labute approximate surface area is 147 Å². The second-order valence-corrected chi connectivity index (χ2v) is 6.39. The molecule has 134 valence electrons. The smallest absolute Gasteiger partial charge is 0.317 e. The van der Waals surface area contributed by atoms with Crippen molar-refractivity contribution in [2.75, 3.05) is 31.1 Å². The minimum Gasteiger partial charge on any atom is -0.469 e. The summed E-state index contributed by atoms with van der Waals surface area (Å²) < 4.78 is 19.2. The molecule has 25 heavy (non-hydrogen) atoms. The summed E-state index contributed by atoms with van der Waals surface area (Å²) in [5, 5.41) is 3.03. The molecule has 1 aliphatic rings. The summed E-state index contributed by atoms with van der Waals surface area (Å²) in [6, 6.07) is 10.6. The number of hydrogen-bond acceptors (Lipinski definition) is 3. The summed E-state index contributed by atoms with van der Waals surface area (Å²) >= 11 is 0. The lowest BCUT2D eigenvalue weighted by atomic mass is 10.1. The van der Waals surface area contributed by atoms with Crippen molar-refractivity contribution in [2.45, 2.75) is 25.8 Å². The predicted octanol–water partition coefficient (Wildman–Crippen LogP) is 3.27. The first-order valence-corrected chi connectivity index (χ1v) is 8.71. The van der Waals surface area contributed by atoms with Gasteiger partial charge >= 0.3 is 6.03 Å². The van der Waals surface area contributed by atoms with Gasteiger partial charge in [0.25, 0.3) is 0 Å². The van der Waals surface area contributed by atoms with E-state index in [1.807, 2.05) is 30.0 Å². The summed E-state index contributed by atoms with van der Waals surface area (Å²) in [5.41, 5.74) is 0.606. The van der Waals surface area contributed by atoms with Crippen LogP contribution in [0.3, 0.4) is 0 Å². The van der Waals surface area contributed by atoms with Crippen LogP contribution in [0.5, 0.6) is 0 Å². The number of nitrogens with zero attached hydrogens (tertiary/aromatic N) is 2. The zero-order valence-corrected chi connectivity index (χ0v) is 14.5. The van der Waals surface area contributed by atoms with E-state index in [-0.39, 0.29) is 17.9 Å². The van der Waals surface area contributed by atoms with Crippen molar-refractivity contribution >= 4 is 11.7 Å². The summed E-state index contributed by atoms with van der Waals surface area (Å²) in [7, 11) is 0. The highest BCUT2D eigenvalue weighted by atomic mass is 19.1. The molecule has 0 aliphatic carbocycles. The van der Waals surface area contributed by atoms with Gasteiger partial charge in [0, 0.05) is 38.6 Å². The third kappa shape index (κ3) is 4.53. The predicted molar refractivity (Wildman–Crippen MR) is 95.2 cm³/mol. The molecule has 0 bridgehead atoms. The lowest BCUT2D eigenvalue weighted by Gasteiger charge is -2.36. The van der Waals surface area contributed by atoms with Crippen molar-refractivity contribution in [3.05, 3.63) is 54.2 Å². The highest BCUT2D eigenvalue weighted by Crippen LogP contribution is 2.20. The lowest BCUT2D eigenvalue weighted by molar-refractivity contribution is 0.190. The zero-order chi connectivity index (χ0) is 17.6. The van der Waals surface area contributed by atoms with Crippen LogP contribution in [0.25, 0.3) is 0 Å². The highest BCUT2D eigenvalue weighted by molar-refractivity contribution is 5.74. The van der Waals surface area contributed by atoms with Gasteiger partial charge in [0.2, 0.25) is 0 Å². The Morgan fingerprint density at radius 2 is 1.96 bits per heavy atom. The number of nitrogens with one attached hydrogen (secondary N) is 1. The fourth-order valence-corrected chi connectivity index (χ4v) is 3.05. The van der Waals surface area contributed by atoms with Crippen molar-refractivity contribution in [3.63, 3.8) is 0 Å². The fourth-order valence-electron chi connectivity index (χ4n) is 3.05. The quantitative estimate of drug-likeness (QED) is 0.905. The average Bonchev–Trinajstić information content (AvgIpc) is 3.14. The Morgan fingerprint density at radius 1 is 1.20 bits per heavy atom. The lowest BCUT2D eigenvalue weighted by Crippen LogP contribution is -2.53. The van der Waals surface area contributed by atoms with E-state index in [2.05, 4.69) is 5.32 Å². The third-order valence-electron chi connectivity index (χ3n) is 4.53. The van der Waals surface area contributed by atoms with E-state index >= 15 is 0 Å². The molecule has 6 heteroatoms. The molecule has 1 N–H and O–H groups in total. The topological polar surface area (TPSA) is 48.7 Å². The molecule has 1 atom stereocenters. The minimum atomic E-state index is -0.216. The molecule has 0 unspecified atom stereocenters. The standard InChI is InChI=1S/C19H24FN3O2/c1-15(8-9-16-5-4-14-25-16)21-19(24)23-12-10-22(11-13-23)18-7-3-2-6-17(18)20/h2-7,14-15H,8-13H2,1H3,(H,21,24)/t15-/m1/s1. The molecule has 2 amide bonds. The van der Waals surface area contributed by atoms with E-state index in [1.165, 1.54) is 6.07 Å². The van der Waals surface area contributed by atoms with Gasteiger partial charge in [-0.2, -0.15) is 0 Å². The number of para-hydroxylation sites is 1. The minimum absolute atomic E-state index is 0.0554. The maximum atomic E-state index is 13.9. The van der Waals surface area contributed by atoms with Crippen molar-refractivity contribution in [1.82, 2.24) is 10.2 Å². The number of carbonyl (C=O) groups is 1. The molecule has 1 saturated heterocycles. The van der Waals surface area contributed by atoms with Crippen LogP contribution < -0.4 is 10.2 Å². The number of rotatable bonds is 5. The normalized spacial score (nSPS) is 15.9. The van der Waals surface area contributed by atoms with Crippen LogP contribution in [0.4, 0.5) is 14.9 Å². The first-order chi connectivity index (χ1) is 12.1. The maximum Gasteiger partial charge on any atom is 0.317 e. The van der Waals surface area contributed by atoms with Gasteiger partial charge in [-0.3, -0.25) is 0 Å². The largest absolute Gasteiger partial charge is 0.469 e. The van der Waals surface area contributed by atoms with E-state index in [1.54, 1.807) is 23.3 Å². The molecule has 0 saturated carbocycles. The molecule has 1 aromatic heterocycles. The third-order valence-corrected chi connectivity index (χ3v) is 4.53. The van der Waals surface area contributed by atoms with Gasteiger partial charge in [0.05, 0.1) is 12.0 Å². The van der Waals surface area contributed by atoms with Crippen LogP contribution in [0.1, 0.15) is 19.1 Å². The number of piperazine rings is 1. The second kappa shape index (κ2) is 8.05. The van der Waals surface area contributed by atoms with E-state index in [4.69, 9.17) is 4.42 Å². The Hall–Kier alpha value is -2.50. The van der Waals surface area contributed by atoms with Gasteiger partial charge < -0.3 is 19.5 Å². The zero-order valence-electron chi connectivity index (χ0n) is 14.5. The maximum absolute atomic E-state index is 13.9. The van der Waals surface area contributed by atoms with Crippen molar-refractivity contribution in [3.8, 4) is 0 Å². The molecule has 1 aromatic carbocycles. The molecule has 3 rings (SSSR count). The van der Waals surface area contributed by atoms with Crippen LogP contribution >= 0.6 is 0 Å². The van der Waals surface area contributed by atoms with Crippen LogP contribution in [0, 0.1) is 5.82 Å². The number of amides is 2. The molecular weight excluding hydrogens is 321 g/mol. The Kier molecular flexibility index (Phi) is 5.58. The van der Waals surface area contributed by atoms with Gasteiger partial charge in [0.1, 0.15) is 11.6 Å². The average molecular weight is 345 g/mol. The van der Waals surface area contributed by atoms with Gasteiger partial charge in [-0.25, -0.2) is 9.18 Å². The molecule has 0 spiro atoms. The molecule has 2 heterocycles. The van der Waals surface area contributed by atoms with Crippen LogP contribution in [0.2, 0.25) is 0 Å². The van der Waals surface area contributed by atoms with Crippen molar-refractivity contribution < 1.29 is 13.6 Å². The van der Waals surface area contributed by atoms with E-state index in [9.17, 15) is 9.18 Å². The number of anilines is 1.